The Balaban J connectivity index is 0.000000143. The fourth-order valence-corrected chi connectivity index (χ4v) is 5.70. The van der Waals surface area contributed by atoms with Gasteiger partial charge in [0.1, 0.15) is 0 Å². The summed E-state index contributed by atoms with van der Waals surface area (Å²) in [5.74, 6) is 0. The molecule has 0 amide bonds. The molecule has 2 N–H and O–H groups in total. The lowest BCUT2D eigenvalue weighted by Crippen LogP contribution is -1.96. The largest absolute Gasteiger partial charge is 0.326 e. The molecule has 0 aliphatic heterocycles. The van der Waals surface area contributed by atoms with E-state index >= 15 is 0 Å². The van der Waals surface area contributed by atoms with Gasteiger partial charge in [0, 0.05) is 31.0 Å². The highest BCUT2D eigenvalue weighted by Crippen LogP contribution is 2.30. The van der Waals surface area contributed by atoms with E-state index < -0.39 is 0 Å². The highest BCUT2D eigenvalue weighted by Gasteiger charge is 2.13. The van der Waals surface area contributed by atoms with Gasteiger partial charge in [-0.2, -0.15) is 0 Å². The average Bonchev–Trinajstić information content (AvgIpc) is 3.23. The molecule has 2 aliphatic rings. The number of rotatable bonds is 3. The Morgan fingerprint density at radius 2 is 1.46 bits per heavy atom. The fraction of sp³-hybridized carbons (Fsp3) is 0.556. The van der Waals surface area contributed by atoms with Crippen LogP contribution in [0.15, 0.2) is 17.2 Å². The molecule has 24 heavy (non-hydrogen) atoms. The maximum Gasteiger partial charge on any atom is 0.0605 e. The molecule has 4 rings (SSSR count). The van der Waals surface area contributed by atoms with Crippen LogP contribution in [0.25, 0.3) is 10.4 Å². The molecule has 0 bridgehead atoms. The van der Waals surface area contributed by atoms with Crippen molar-refractivity contribution >= 4 is 22.7 Å². The van der Waals surface area contributed by atoms with Gasteiger partial charge in [-0.15, -0.1) is 22.7 Å². The van der Waals surface area contributed by atoms with Crippen molar-refractivity contribution in [3.05, 3.63) is 53.2 Å². The maximum absolute atomic E-state index is 8.19. The third-order valence-electron chi connectivity index (χ3n) is 4.59. The molecule has 0 saturated carbocycles. The first-order valence-electron chi connectivity index (χ1n) is 8.72. The summed E-state index contributed by atoms with van der Waals surface area (Å²) in [5.41, 5.74) is 16.8. The summed E-state index contributed by atoms with van der Waals surface area (Å²) < 4.78 is 0. The summed E-state index contributed by atoms with van der Waals surface area (Å²) in [5, 5.41) is 3.58. The first-order chi connectivity index (χ1) is 11.8. The molecule has 2 aromatic rings. The molecule has 2 heterocycles. The summed E-state index contributed by atoms with van der Waals surface area (Å²) in [6, 6.07) is 4.49. The second-order valence-electron chi connectivity index (χ2n) is 6.33. The van der Waals surface area contributed by atoms with Crippen LogP contribution in [0.1, 0.15) is 56.3 Å². The zero-order chi connectivity index (χ0) is 16.8. The average molecular weight is 361 g/mol. The normalized spacial score (nSPS) is 15.5. The monoisotopic (exact) mass is 360 g/mol. The van der Waals surface area contributed by atoms with Crippen molar-refractivity contribution in [1.29, 1.82) is 0 Å². The molecule has 2 aromatic heterocycles. The van der Waals surface area contributed by atoms with Gasteiger partial charge in [0.25, 0.3) is 0 Å². The van der Waals surface area contributed by atoms with E-state index in [1.54, 1.807) is 10.4 Å². The topological polar surface area (TPSA) is 74.8 Å². The van der Waals surface area contributed by atoms with Crippen LogP contribution in [0.5, 0.6) is 0 Å². The van der Waals surface area contributed by atoms with Gasteiger partial charge >= 0.3 is 0 Å². The molecule has 0 saturated heterocycles. The van der Waals surface area contributed by atoms with Crippen LogP contribution in [-0.4, -0.2) is 0 Å². The summed E-state index contributed by atoms with van der Waals surface area (Å²) in [6.45, 7) is 1.24. The SMILES string of the molecule is NCc1cc2c(s1)CCCC2.[N-]=[N+]=NCc1cc2c(s1)CCCC2. The fourth-order valence-electron chi connectivity index (χ4n) is 3.38. The minimum absolute atomic E-state index is 0.522. The number of azide groups is 1. The van der Waals surface area contributed by atoms with E-state index in [2.05, 4.69) is 22.2 Å². The Labute approximate surface area is 151 Å². The molecule has 2 aliphatic carbocycles. The molecule has 0 atom stereocenters. The van der Waals surface area contributed by atoms with E-state index in [0.717, 1.165) is 6.54 Å². The van der Waals surface area contributed by atoms with Gasteiger partial charge in [-0.25, -0.2) is 0 Å². The predicted molar refractivity (Wildman–Crippen MR) is 103 cm³/mol. The van der Waals surface area contributed by atoms with E-state index in [-0.39, 0.29) is 0 Å². The number of hydrogen-bond acceptors (Lipinski definition) is 4. The molecule has 6 heteroatoms. The van der Waals surface area contributed by atoms with Gasteiger partial charge in [-0.05, 0) is 80.2 Å². The third kappa shape index (κ3) is 4.39. The van der Waals surface area contributed by atoms with Gasteiger partial charge < -0.3 is 5.73 Å². The van der Waals surface area contributed by atoms with E-state index in [0.29, 0.717) is 6.54 Å². The van der Waals surface area contributed by atoms with Crippen LogP contribution in [-0.2, 0) is 38.8 Å². The van der Waals surface area contributed by atoms with Gasteiger partial charge in [-0.1, -0.05) is 5.11 Å². The van der Waals surface area contributed by atoms with E-state index in [9.17, 15) is 0 Å². The molecule has 128 valence electrons. The van der Waals surface area contributed by atoms with E-state index in [1.807, 2.05) is 22.7 Å². The van der Waals surface area contributed by atoms with Crippen molar-refractivity contribution in [2.45, 2.75) is 64.5 Å². The van der Waals surface area contributed by atoms with Crippen LogP contribution < -0.4 is 5.73 Å². The van der Waals surface area contributed by atoms with Gasteiger partial charge in [-0.3, -0.25) is 0 Å². The number of nitrogens with two attached hydrogens (primary N) is 1. The molecule has 0 fully saturated rings. The Hall–Kier alpha value is -1.33. The highest BCUT2D eigenvalue weighted by molar-refractivity contribution is 7.12. The molecular formula is C18H24N4S2. The maximum atomic E-state index is 8.19. The summed E-state index contributed by atoms with van der Waals surface area (Å²) >= 11 is 3.72. The van der Waals surface area contributed by atoms with Crippen LogP contribution in [0, 0.1) is 0 Å². The van der Waals surface area contributed by atoms with Crippen molar-refractivity contribution in [2.75, 3.05) is 0 Å². The quantitative estimate of drug-likeness (QED) is 0.436. The van der Waals surface area contributed by atoms with Crippen molar-refractivity contribution in [3.8, 4) is 0 Å². The summed E-state index contributed by atoms with van der Waals surface area (Å²) in [6.07, 6.45) is 10.4. The van der Waals surface area contributed by atoms with Crippen molar-refractivity contribution < 1.29 is 0 Å². The smallest absolute Gasteiger partial charge is 0.0605 e. The van der Waals surface area contributed by atoms with Crippen molar-refractivity contribution in [2.24, 2.45) is 10.8 Å². The lowest BCUT2D eigenvalue weighted by molar-refractivity contribution is 0.697. The minimum Gasteiger partial charge on any atom is -0.326 e. The van der Waals surface area contributed by atoms with Gasteiger partial charge in [0.2, 0.25) is 0 Å². The Morgan fingerprint density at radius 1 is 0.917 bits per heavy atom. The van der Waals surface area contributed by atoms with Crippen molar-refractivity contribution in [1.82, 2.24) is 0 Å². The first-order valence-corrected chi connectivity index (χ1v) is 10.3. The minimum atomic E-state index is 0.522. The predicted octanol–water partition coefficient (Wildman–Crippen LogP) is 5.52. The number of nitrogens with zero attached hydrogens (tertiary/aromatic N) is 3. The second-order valence-corrected chi connectivity index (χ2v) is 8.77. The first kappa shape index (κ1) is 17.5. The van der Waals surface area contributed by atoms with Gasteiger partial charge in [0.05, 0.1) is 6.54 Å². The zero-order valence-corrected chi connectivity index (χ0v) is 15.6. The molecule has 0 unspecified atom stereocenters. The standard InChI is InChI=1S/C9H11N3S.C9H13NS/c10-12-11-6-8-5-7-3-1-2-4-9(7)13-8;10-6-8-5-7-3-1-2-4-9(7)11-8/h5H,1-4,6H2;5H,1-4,6,10H2. The lowest BCUT2D eigenvalue weighted by Gasteiger charge is -2.08. The Morgan fingerprint density at radius 3 is 2.00 bits per heavy atom. The zero-order valence-electron chi connectivity index (χ0n) is 14.0. The van der Waals surface area contributed by atoms with Crippen LogP contribution in [0.3, 0.4) is 0 Å². The van der Waals surface area contributed by atoms with Crippen LogP contribution in [0.2, 0.25) is 0 Å². The molecule has 0 aromatic carbocycles. The second kappa shape index (κ2) is 8.67. The molecular weight excluding hydrogens is 336 g/mol. The van der Waals surface area contributed by atoms with Crippen molar-refractivity contribution in [3.63, 3.8) is 0 Å². The van der Waals surface area contributed by atoms with E-state index in [1.165, 1.54) is 71.6 Å². The van der Waals surface area contributed by atoms with Crippen LogP contribution in [0.4, 0.5) is 0 Å². The number of aryl methyl sites for hydroxylation is 4. The highest BCUT2D eigenvalue weighted by atomic mass is 32.1. The molecule has 0 spiro atoms. The van der Waals surface area contributed by atoms with Gasteiger partial charge in [0.15, 0.2) is 0 Å². The number of thiophene rings is 2. The lowest BCUT2D eigenvalue weighted by atomic mass is 9.99. The Bertz CT molecular complexity index is 678. The number of fused-ring (bicyclic) bond motifs is 2. The van der Waals surface area contributed by atoms with E-state index in [4.69, 9.17) is 11.3 Å². The third-order valence-corrected chi connectivity index (χ3v) is 7.07. The molecule has 0 radical (unpaired) electrons. The summed E-state index contributed by atoms with van der Waals surface area (Å²) in [7, 11) is 0. The Kier molecular flexibility index (Phi) is 6.32. The molecule has 4 nitrogen and oxygen atoms in total. The number of hydrogen-bond donors (Lipinski definition) is 1. The van der Waals surface area contributed by atoms with Crippen LogP contribution >= 0.6 is 22.7 Å². The summed E-state index contributed by atoms with van der Waals surface area (Å²) in [4.78, 5) is 8.44.